The molecule has 2 N–H and O–H groups in total. The Morgan fingerprint density at radius 1 is 1.14 bits per heavy atom. The van der Waals surface area contributed by atoms with E-state index in [4.69, 9.17) is 43.4 Å². The van der Waals surface area contributed by atoms with Crippen molar-refractivity contribution in [3.63, 3.8) is 0 Å². The molecule has 0 aliphatic heterocycles. The Labute approximate surface area is 215 Å². The van der Waals surface area contributed by atoms with Crippen molar-refractivity contribution in [3.05, 3.63) is 63.2 Å². The molecule has 5 rings (SSSR count). The second kappa shape index (κ2) is 10.1. The van der Waals surface area contributed by atoms with Crippen molar-refractivity contribution in [2.45, 2.75) is 44.6 Å². The van der Waals surface area contributed by atoms with E-state index in [-0.39, 0.29) is 56.9 Å². The van der Waals surface area contributed by atoms with E-state index in [0.29, 0.717) is 11.5 Å². The predicted molar refractivity (Wildman–Crippen MR) is 130 cm³/mol. The molecule has 184 valence electrons. The summed E-state index contributed by atoms with van der Waals surface area (Å²) in [6, 6.07) is 9.53. The van der Waals surface area contributed by atoms with Crippen LogP contribution in [0.5, 0.6) is 11.5 Å². The lowest BCUT2D eigenvalue weighted by atomic mass is 9.96. The zero-order valence-corrected chi connectivity index (χ0v) is 20.4. The summed E-state index contributed by atoms with van der Waals surface area (Å²) in [6.07, 6.45) is 5.42. The molecular formula is C24H20Cl2FN7O2. The highest BCUT2D eigenvalue weighted by Crippen LogP contribution is 2.36. The smallest absolute Gasteiger partial charge is 0.272 e. The average Bonchev–Trinajstić information content (AvgIpc) is 3.50. The third-order valence-electron chi connectivity index (χ3n) is 6.01. The van der Waals surface area contributed by atoms with Gasteiger partial charge in [-0.05, 0) is 37.1 Å². The summed E-state index contributed by atoms with van der Waals surface area (Å²) in [5, 5.41) is 25.8. The number of benzene rings is 2. The van der Waals surface area contributed by atoms with E-state index in [1.807, 2.05) is 6.07 Å². The number of nitriles is 1. The minimum absolute atomic E-state index is 0.0258. The van der Waals surface area contributed by atoms with E-state index < -0.39 is 5.82 Å². The van der Waals surface area contributed by atoms with Crippen molar-refractivity contribution in [2.24, 2.45) is 0 Å². The van der Waals surface area contributed by atoms with Gasteiger partial charge in [0, 0.05) is 10.6 Å². The van der Waals surface area contributed by atoms with Crippen LogP contribution in [0, 0.1) is 17.1 Å². The van der Waals surface area contributed by atoms with E-state index in [9.17, 15) is 0 Å². The van der Waals surface area contributed by atoms with Crippen molar-refractivity contribution in [1.29, 1.82) is 5.26 Å². The van der Waals surface area contributed by atoms with Crippen molar-refractivity contribution in [2.75, 3.05) is 5.73 Å². The molecule has 0 bridgehead atoms. The molecule has 9 nitrogen and oxygen atoms in total. The molecular weight excluding hydrogens is 508 g/mol. The van der Waals surface area contributed by atoms with Gasteiger partial charge in [-0.15, -0.1) is 15.3 Å². The van der Waals surface area contributed by atoms with Gasteiger partial charge >= 0.3 is 0 Å². The summed E-state index contributed by atoms with van der Waals surface area (Å²) < 4.78 is 28.4. The summed E-state index contributed by atoms with van der Waals surface area (Å²) in [6.45, 7) is 0. The highest BCUT2D eigenvalue weighted by Gasteiger charge is 2.25. The normalized spacial score (nSPS) is 14.1. The summed E-state index contributed by atoms with van der Waals surface area (Å²) >= 11 is 12.2. The summed E-state index contributed by atoms with van der Waals surface area (Å²) in [5.74, 6) is -0.114. The number of halogens is 3. The lowest BCUT2D eigenvalue weighted by Gasteiger charge is -2.22. The van der Waals surface area contributed by atoms with Crippen LogP contribution in [0.25, 0.3) is 11.6 Å². The first-order valence-corrected chi connectivity index (χ1v) is 12.1. The number of aromatic nitrogens is 5. The Morgan fingerprint density at radius 3 is 2.72 bits per heavy atom. The van der Waals surface area contributed by atoms with E-state index in [2.05, 4.69) is 20.5 Å². The molecule has 1 aliphatic rings. The molecule has 0 spiro atoms. The molecule has 4 aromatic rings. The summed E-state index contributed by atoms with van der Waals surface area (Å²) in [7, 11) is 0. The lowest BCUT2D eigenvalue weighted by Crippen LogP contribution is -2.16. The monoisotopic (exact) mass is 527 g/mol. The van der Waals surface area contributed by atoms with Crippen molar-refractivity contribution in [1.82, 2.24) is 25.2 Å². The SMILES string of the molecule is N#Cc1cc(Cl)cc(Oc2c(Cl)ccc(Cc3nnc(-c4nnn(C5CCCCC5)c4N)o3)c2F)c1. The first-order valence-electron chi connectivity index (χ1n) is 11.3. The number of rotatable bonds is 6. The van der Waals surface area contributed by atoms with Crippen LogP contribution in [0.2, 0.25) is 10.0 Å². The van der Waals surface area contributed by atoms with E-state index in [1.54, 1.807) is 4.68 Å². The van der Waals surface area contributed by atoms with Crippen LogP contribution >= 0.6 is 23.2 Å². The average molecular weight is 528 g/mol. The zero-order chi connectivity index (χ0) is 25.2. The Balaban J connectivity index is 1.37. The van der Waals surface area contributed by atoms with Crippen LogP contribution in [0.15, 0.2) is 34.7 Å². The first-order chi connectivity index (χ1) is 17.4. The molecule has 1 saturated carbocycles. The van der Waals surface area contributed by atoms with Gasteiger partial charge in [0.25, 0.3) is 5.89 Å². The van der Waals surface area contributed by atoms with Gasteiger partial charge in [0.2, 0.25) is 5.89 Å². The van der Waals surface area contributed by atoms with Crippen LogP contribution in [-0.2, 0) is 6.42 Å². The zero-order valence-electron chi connectivity index (χ0n) is 18.9. The van der Waals surface area contributed by atoms with Gasteiger partial charge in [0.1, 0.15) is 5.75 Å². The topological polar surface area (TPSA) is 129 Å². The molecule has 2 aromatic heterocycles. The maximum absolute atomic E-state index is 15.3. The molecule has 0 atom stereocenters. The second-order valence-electron chi connectivity index (χ2n) is 8.48. The fourth-order valence-electron chi connectivity index (χ4n) is 4.24. The van der Waals surface area contributed by atoms with Crippen LogP contribution in [-0.4, -0.2) is 25.2 Å². The molecule has 1 aliphatic carbocycles. The van der Waals surface area contributed by atoms with Crippen molar-refractivity contribution < 1.29 is 13.5 Å². The van der Waals surface area contributed by atoms with Crippen LogP contribution in [0.4, 0.5) is 10.2 Å². The molecule has 0 unspecified atom stereocenters. The minimum atomic E-state index is -0.705. The standard InChI is InChI=1S/C24H20Cl2FN7O2/c25-15-8-13(12-28)9-17(11-15)35-22-18(26)7-6-14(20(22)27)10-19-30-32-24(36-19)21-23(29)34(33-31-21)16-4-2-1-3-5-16/h6-9,11,16H,1-5,10,29H2. The predicted octanol–water partition coefficient (Wildman–Crippen LogP) is 6.12. The lowest BCUT2D eigenvalue weighted by molar-refractivity contribution is 0.328. The van der Waals surface area contributed by atoms with Crippen molar-refractivity contribution in [3.8, 4) is 29.2 Å². The van der Waals surface area contributed by atoms with Crippen LogP contribution in [0.3, 0.4) is 0 Å². The van der Waals surface area contributed by atoms with Gasteiger partial charge in [-0.25, -0.2) is 9.07 Å². The number of ether oxygens (including phenoxy) is 1. The van der Waals surface area contributed by atoms with Gasteiger partial charge in [-0.3, -0.25) is 0 Å². The Morgan fingerprint density at radius 2 is 1.94 bits per heavy atom. The number of nitrogens with zero attached hydrogens (tertiary/aromatic N) is 6. The molecule has 0 saturated heterocycles. The molecule has 1 fully saturated rings. The molecule has 36 heavy (non-hydrogen) atoms. The number of hydrogen-bond donors (Lipinski definition) is 1. The first kappa shape index (κ1) is 24.0. The number of anilines is 1. The highest BCUT2D eigenvalue weighted by atomic mass is 35.5. The minimum Gasteiger partial charge on any atom is -0.453 e. The third-order valence-corrected chi connectivity index (χ3v) is 6.53. The number of nitrogen functional groups attached to an aromatic ring is 1. The summed E-state index contributed by atoms with van der Waals surface area (Å²) in [5.41, 5.74) is 7.06. The van der Waals surface area contributed by atoms with Crippen molar-refractivity contribution >= 4 is 29.0 Å². The second-order valence-corrected chi connectivity index (χ2v) is 9.32. The molecule has 12 heteroatoms. The van der Waals surface area contributed by atoms with E-state index in [1.165, 1.54) is 36.8 Å². The fourth-order valence-corrected chi connectivity index (χ4v) is 4.65. The van der Waals surface area contributed by atoms with E-state index in [0.717, 1.165) is 25.7 Å². The quantitative estimate of drug-likeness (QED) is 0.317. The third kappa shape index (κ3) is 4.85. The summed E-state index contributed by atoms with van der Waals surface area (Å²) in [4.78, 5) is 0. The fraction of sp³-hybridized carbons (Fsp3) is 0.292. The number of nitrogens with two attached hydrogens (primary N) is 1. The highest BCUT2D eigenvalue weighted by molar-refractivity contribution is 6.32. The maximum Gasteiger partial charge on any atom is 0.272 e. The maximum atomic E-state index is 15.3. The largest absolute Gasteiger partial charge is 0.453 e. The Hall–Kier alpha value is -3.68. The molecule has 2 heterocycles. The van der Waals surface area contributed by atoms with Gasteiger partial charge in [0.15, 0.2) is 23.1 Å². The van der Waals surface area contributed by atoms with Gasteiger partial charge in [-0.1, -0.05) is 53.7 Å². The molecule has 2 aromatic carbocycles. The van der Waals surface area contributed by atoms with Gasteiger partial charge in [0.05, 0.1) is 29.1 Å². The Bertz CT molecular complexity index is 1460. The van der Waals surface area contributed by atoms with Crippen LogP contribution in [0.1, 0.15) is 55.2 Å². The van der Waals surface area contributed by atoms with E-state index >= 15 is 4.39 Å². The molecule has 0 radical (unpaired) electrons. The molecule has 0 amide bonds. The van der Waals surface area contributed by atoms with Gasteiger partial charge in [-0.2, -0.15) is 5.26 Å². The van der Waals surface area contributed by atoms with Gasteiger partial charge < -0.3 is 14.9 Å². The number of hydrogen-bond acceptors (Lipinski definition) is 8. The van der Waals surface area contributed by atoms with Crippen LogP contribution < -0.4 is 10.5 Å². The Kier molecular flexibility index (Phi) is 6.76.